The molecule has 3 rings (SSSR count). The summed E-state index contributed by atoms with van der Waals surface area (Å²) in [7, 11) is 1.78. The molecule has 7 heteroatoms. The highest BCUT2D eigenvalue weighted by molar-refractivity contribution is 8.00. The lowest BCUT2D eigenvalue weighted by Crippen LogP contribution is -2.33. The van der Waals surface area contributed by atoms with Crippen molar-refractivity contribution in [3.8, 4) is 0 Å². The SMILES string of the molecule is CN(CCCC1CC(c2ccccc2)NN1)C(=O)CSc1ccc(F)c(F)c1. The molecule has 1 fully saturated rings. The second-order valence-corrected chi connectivity index (χ2v) is 8.06. The van der Waals surface area contributed by atoms with Crippen molar-refractivity contribution in [1.82, 2.24) is 15.8 Å². The summed E-state index contributed by atoms with van der Waals surface area (Å²) in [4.78, 5) is 14.5. The summed E-state index contributed by atoms with van der Waals surface area (Å²) in [5, 5.41) is 0. The number of halogens is 2. The molecular weight excluding hydrogens is 380 g/mol. The number of carbonyl (C=O) groups is 1. The largest absolute Gasteiger partial charge is 0.345 e. The lowest BCUT2D eigenvalue weighted by Gasteiger charge is -2.18. The van der Waals surface area contributed by atoms with E-state index >= 15 is 0 Å². The van der Waals surface area contributed by atoms with Crippen molar-refractivity contribution in [1.29, 1.82) is 0 Å². The van der Waals surface area contributed by atoms with Gasteiger partial charge in [-0.15, -0.1) is 11.8 Å². The average molecular weight is 406 g/mol. The van der Waals surface area contributed by atoms with Crippen molar-refractivity contribution in [2.45, 2.75) is 36.2 Å². The van der Waals surface area contributed by atoms with Gasteiger partial charge in [0.15, 0.2) is 11.6 Å². The van der Waals surface area contributed by atoms with Crippen LogP contribution in [-0.2, 0) is 4.79 Å². The first kappa shape index (κ1) is 20.8. The number of benzene rings is 2. The molecule has 2 aromatic rings. The number of amides is 1. The Bertz CT molecular complexity index is 790. The predicted octanol–water partition coefficient (Wildman–Crippen LogP) is 3.90. The lowest BCUT2D eigenvalue weighted by atomic mass is 10.00. The molecule has 0 aliphatic carbocycles. The fourth-order valence-electron chi connectivity index (χ4n) is 3.24. The molecule has 2 unspecified atom stereocenters. The Hall–Kier alpha value is -1.96. The van der Waals surface area contributed by atoms with Crippen LogP contribution in [0.25, 0.3) is 0 Å². The van der Waals surface area contributed by atoms with Crippen molar-refractivity contribution in [3.05, 3.63) is 65.7 Å². The smallest absolute Gasteiger partial charge is 0.232 e. The van der Waals surface area contributed by atoms with Gasteiger partial charge in [0.25, 0.3) is 0 Å². The van der Waals surface area contributed by atoms with E-state index < -0.39 is 11.6 Å². The first-order valence-electron chi connectivity index (χ1n) is 9.40. The maximum atomic E-state index is 13.2. The number of carbonyl (C=O) groups excluding carboxylic acids is 1. The first-order chi connectivity index (χ1) is 13.5. The Labute approximate surface area is 168 Å². The van der Waals surface area contributed by atoms with E-state index in [9.17, 15) is 13.6 Å². The minimum atomic E-state index is -0.891. The maximum absolute atomic E-state index is 13.2. The highest BCUT2D eigenvalue weighted by Gasteiger charge is 2.24. The Kier molecular flexibility index (Phi) is 7.42. The number of hydrazine groups is 1. The molecule has 0 saturated carbocycles. The van der Waals surface area contributed by atoms with E-state index in [2.05, 4.69) is 23.0 Å². The van der Waals surface area contributed by atoms with Gasteiger partial charge in [0, 0.05) is 30.6 Å². The fraction of sp³-hybridized carbons (Fsp3) is 0.381. The van der Waals surface area contributed by atoms with Crippen LogP contribution in [0.1, 0.15) is 30.9 Å². The summed E-state index contributed by atoms with van der Waals surface area (Å²) in [5.74, 6) is -1.58. The van der Waals surface area contributed by atoms with Gasteiger partial charge < -0.3 is 4.90 Å². The third kappa shape index (κ3) is 5.77. The van der Waals surface area contributed by atoms with Gasteiger partial charge in [0.2, 0.25) is 5.91 Å². The monoisotopic (exact) mass is 405 g/mol. The first-order valence-corrected chi connectivity index (χ1v) is 10.4. The molecule has 150 valence electrons. The lowest BCUT2D eigenvalue weighted by molar-refractivity contribution is -0.127. The summed E-state index contributed by atoms with van der Waals surface area (Å²) in [6.07, 6.45) is 2.90. The Morgan fingerprint density at radius 3 is 2.68 bits per heavy atom. The normalized spacial score (nSPS) is 19.0. The Balaban J connectivity index is 1.35. The number of rotatable bonds is 8. The van der Waals surface area contributed by atoms with Crippen LogP contribution in [0.15, 0.2) is 53.4 Å². The molecular formula is C21H25F2N3OS. The van der Waals surface area contributed by atoms with Crippen LogP contribution in [0.4, 0.5) is 8.78 Å². The highest BCUT2D eigenvalue weighted by atomic mass is 32.2. The van der Waals surface area contributed by atoms with Gasteiger partial charge in [-0.2, -0.15) is 0 Å². The Morgan fingerprint density at radius 2 is 1.93 bits per heavy atom. The van der Waals surface area contributed by atoms with Crippen LogP contribution in [0, 0.1) is 11.6 Å². The van der Waals surface area contributed by atoms with Crippen LogP contribution in [0.5, 0.6) is 0 Å². The number of thioether (sulfide) groups is 1. The standard InChI is InChI=1S/C21H25F2N3OS/c1-26(21(27)14-28-17-9-10-18(22)19(23)13-17)11-5-8-16-12-20(25-24-16)15-6-3-2-4-7-15/h2-4,6-7,9-10,13,16,20,24-25H,5,8,11-12,14H2,1H3. The molecule has 1 amide bonds. The van der Waals surface area contributed by atoms with Gasteiger partial charge in [-0.1, -0.05) is 30.3 Å². The molecule has 0 bridgehead atoms. The minimum absolute atomic E-state index is 0.0191. The van der Waals surface area contributed by atoms with E-state index in [1.54, 1.807) is 11.9 Å². The third-order valence-electron chi connectivity index (χ3n) is 4.91. The highest BCUT2D eigenvalue weighted by Crippen LogP contribution is 2.24. The molecule has 1 aliphatic rings. The van der Waals surface area contributed by atoms with E-state index in [1.165, 1.54) is 23.4 Å². The second-order valence-electron chi connectivity index (χ2n) is 7.01. The Morgan fingerprint density at radius 1 is 1.14 bits per heavy atom. The fourth-order valence-corrected chi connectivity index (χ4v) is 4.10. The van der Waals surface area contributed by atoms with Gasteiger partial charge in [-0.3, -0.25) is 15.6 Å². The minimum Gasteiger partial charge on any atom is -0.345 e. The zero-order valence-electron chi connectivity index (χ0n) is 15.8. The molecule has 28 heavy (non-hydrogen) atoms. The van der Waals surface area contributed by atoms with Crippen LogP contribution in [0.3, 0.4) is 0 Å². The number of nitrogens with zero attached hydrogens (tertiary/aromatic N) is 1. The number of hydrogen-bond donors (Lipinski definition) is 2. The van der Waals surface area contributed by atoms with Crippen LogP contribution in [-0.4, -0.2) is 36.2 Å². The number of hydrogen-bond acceptors (Lipinski definition) is 4. The van der Waals surface area contributed by atoms with Gasteiger partial charge in [-0.25, -0.2) is 8.78 Å². The van der Waals surface area contributed by atoms with Crippen LogP contribution < -0.4 is 10.9 Å². The summed E-state index contributed by atoms with van der Waals surface area (Å²) >= 11 is 1.22. The van der Waals surface area contributed by atoms with Crippen molar-refractivity contribution >= 4 is 17.7 Å². The van der Waals surface area contributed by atoms with Crippen molar-refractivity contribution < 1.29 is 13.6 Å². The van der Waals surface area contributed by atoms with Gasteiger partial charge in [-0.05, 0) is 43.0 Å². The maximum Gasteiger partial charge on any atom is 0.232 e. The topological polar surface area (TPSA) is 44.4 Å². The number of nitrogens with one attached hydrogen (secondary N) is 2. The molecule has 0 radical (unpaired) electrons. The zero-order valence-corrected chi connectivity index (χ0v) is 16.6. The second kappa shape index (κ2) is 10.0. The van der Waals surface area contributed by atoms with Gasteiger partial charge in [0.1, 0.15) is 0 Å². The molecule has 2 aromatic carbocycles. The molecule has 4 nitrogen and oxygen atoms in total. The van der Waals surface area contributed by atoms with E-state index in [1.807, 2.05) is 18.2 Å². The van der Waals surface area contributed by atoms with E-state index in [0.29, 0.717) is 23.5 Å². The molecule has 0 aromatic heterocycles. The summed E-state index contributed by atoms with van der Waals surface area (Å²) < 4.78 is 26.2. The van der Waals surface area contributed by atoms with E-state index in [0.717, 1.165) is 31.4 Å². The molecule has 2 N–H and O–H groups in total. The molecule has 1 aliphatic heterocycles. The molecule has 1 heterocycles. The van der Waals surface area contributed by atoms with E-state index in [4.69, 9.17) is 0 Å². The zero-order chi connectivity index (χ0) is 19.9. The summed E-state index contributed by atoms with van der Waals surface area (Å²) in [5.41, 5.74) is 7.96. The van der Waals surface area contributed by atoms with Crippen molar-refractivity contribution in [2.75, 3.05) is 19.3 Å². The van der Waals surface area contributed by atoms with Gasteiger partial charge >= 0.3 is 0 Å². The van der Waals surface area contributed by atoms with E-state index in [-0.39, 0.29) is 11.7 Å². The molecule has 2 atom stereocenters. The third-order valence-corrected chi connectivity index (χ3v) is 5.89. The average Bonchev–Trinajstić information content (AvgIpc) is 3.18. The predicted molar refractivity (Wildman–Crippen MR) is 108 cm³/mol. The van der Waals surface area contributed by atoms with Crippen LogP contribution >= 0.6 is 11.8 Å². The molecule has 0 spiro atoms. The summed E-state index contributed by atoms with van der Waals surface area (Å²) in [6.45, 7) is 0.672. The molecule has 1 saturated heterocycles. The summed E-state index contributed by atoms with van der Waals surface area (Å²) in [6, 6.07) is 14.7. The van der Waals surface area contributed by atoms with Gasteiger partial charge in [0.05, 0.1) is 5.75 Å². The van der Waals surface area contributed by atoms with Crippen LogP contribution in [0.2, 0.25) is 0 Å². The van der Waals surface area contributed by atoms with Crippen molar-refractivity contribution in [2.24, 2.45) is 0 Å². The van der Waals surface area contributed by atoms with Crippen molar-refractivity contribution in [3.63, 3.8) is 0 Å². The quantitative estimate of drug-likeness (QED) is 0.654.